The lowest BCUT2D eigenvalue weighted by molar-refractivity contribution is -0.145. The number of carboxylic acid groups (broad SMARTS) is 1. The number of benzene rings is 1. The summed E-state index contributed by atoms with van der Waals surface area (Å²) in [5, 5.41) is 12.4. The van der Waals surface area contributed by atoms with Crippen LogP contribution in [0.4, 0.5) is 0 Å². The van der Waals surface area contributed by atoms with Crippen molar-refractivity contribution in [2.45, 2.75) is 19.5 Å². The Morgan fingerprint density at radius 2 is 2.00 bits per heavy atom. The highest BCUT2D eigenvalue weighted by Crippen LogP contribution is 2.25. The van der Waals surface area contributed by atoms with E-state index in [0.29, 0.717) is 32.6 Å². The third kappa shape index (κ3) is 5.29. The molecule has 7 heteroatoms. The molecule has 2 atom stereocenters. The van der Waals surface area contributed by atoms with Gasteiger partial charge in [-0.25, -0.2) is 0 Å². The zero-order valence-electron chi connectivity index (χ0n) is 15.9. The first-order valence-electron chi connectivity index (χ1n) is 9.30. The molecule has 1 amide bonds. The molecule has 0 bridgehead atoms. The highest BCUT2D eigenvalue weighted by Gasteiger charge is 2.35. The summed E-state index contributed by atoms with van der Waals surface area (Å²) >= 11 is 0. The molecular weight excluding hydrogens is 358 g/mol. The molecular formula is C21H25N3O4. The highest BCUT2D eigenvalue weighted by molar-refractivity contribution is 5.80. The molecule has 7 nitrogen and oxygen atoms in total. The fraction of sp³-hybridized carbons (Fsp3) is 0.381. The Labute approximate surface area is 164 Å². The second-order valence-electron chi connectivity index (χ2n) is 7.09. The molecule has 0 unspecified atom stereocenters. The molecule has 1 aromatic carbocycles. The Bertz CT molecular complexity index is 812. The van der Waals surface area contributed by atoms with Crippen LogP contribution in [0.3, 0.4) is 0 Å². The van der Waals surface area contributed by atoms with Crippen molar-refractivity contribution < 1.29 is 19.4 Å². The summed E-state index contributed by atoms with van der Waals surface area (Å²) in [6, 6.07) is 11.4. The summed E-state index contributed by atoms with van der Waals surface area (Å²) in [7, 11) is 1.61. The minimum atomic E-state index is -0.861. The Kier molecular flexibility index (Phi) is 6.60. The topological polar surface area (TPSA) is 91.8 Å². The summed E-state index contributed by atoms with van der Waals surface area (Å²) in [5.74, 6) is -1.15. The van der Waals surface area contributed by atoms with Crippen LogP contribution in [-0.2, 0) is 22.7 Å². The van der Waals surface area contributed by atoms with Crippen molar-refractivity contribution in [2.75, 3.05) is 20.2 Å². The predicted molar refractivity (Wildman–Crippen MR) is 104 cm³/mol. The van der Waals surface area contributed by atoms with Gasteiger partial charge in [0.25, 0.3) is 0 Å². The average molecular weight is 383 g/mol. The van der Waals surface area contributed by atoms with Gasteiger partial charge in [0.2, 0.25) is 5.91 Å². The normalized spacial score (nSPS) is 19.8. The number of carbonyl (C=O) groups is 2. The number of aromatic nitrogens is 1. The molecule has 3 rings (SSSR count). The lowest BCUT2D eigenvalue weighted by Gasteiger charge is -2.35. The van der Waals surface area contributed by atoms with Gasteiger partial charge >= 0.3 is 5.97 Å². The van der Waals surface area contributed by atoms with Gasteiger partial charge in [-0.3, -0.25) is 19.5 Å². The van der Waals surface area contributed by atoms with Gasteiger partial charge in [-0.1, -0.05) is 18.2 Å². The number of likely N-dealkylation sites (tertiary alicyclic amines) is 1. The smallest absolute Gasteiger partial charge is 0.307 e. The van der Waals surface area contributed by atoms with Gasteiger partial charge < -0.3 is 15.2 Å². The van der Waals surface area contributed by atoms with E-state index in [1.807, 2.05) is 41.3 Å². The lowest BCUT2D eigenvalue weighted by atomic mass is 9.88. The minimum Gasteiger partial charge on any atom is -0.497 e. The van der Waals surface area contributed by atoms with E-state index >= 15 is 0 Å². The van der Waals surface area contributed by atoms with E-state index in [9.17, 15) is 14.7 Å². The maximum Gasteiger partial charge on any atom is 0.307 e. The number of rotatable bonds is 7. The third-order valence-electron chi connectivity index (χ3n) is 4.98. The summed E-state index contributed by atoms with van der Waals surface area (Å²) in [6.07, 6.45) is 3.74. The van der Waals surface area contributed by atoms with Crippen LogP contribution in [0, 0.1) is 11.8 Å². The molecule has 148 valence electrons. The number of pyridine rings is 1. The quantitative estimate of drug-likeness (QED) is 0.759. The molecule has 1 fully saturated rings. The van der Waals surface area contributed by atoms with Crippen LogP contribution < -0.4 is 10.1 Å². The van der Waals surface area contributed by atoms with Crippen molar-refractivity contribution in [1.82, 2.24) is 15.2 Å². The highest BCUT2D eigenvalue weighted by atomic mass is 16.5. The first-order valence-corrected chi connectivity index (χ1v) is 9.30. The van der Waals surface area contributed by atoms with Gasteiger partial charge in [0.1, 0.15) is 5.75 Å². The largest absolute Gasteiger partial charge is 0.497 e. The molecule has 2 heterocycles. The van der Waals surface area contributed by atoms with Crippen LogP contribution in [0.25, 0.3) is 0 Å². The molecule has 2 N–H and O–H groups in total. The lowest BCUT2D eigenvalue weighted by Crippen LogP contribution is -2.47. The van der Waals surface area contributed by atoms with Gasteiger partial charge in [0.05, 0.1) is 18.9 Å². The summed E-state index contributed by atoms with van der Waals surface area (Å²) in [6.45, 7) is 1.92. The van der Waals surface area contributed by atoms with Gasteiger partial charge in [-0.05, 0) is 35.7 Å². The number of nitrogens with one attached hydrogen (secondary N) is 1. The number of methoxy groups -OCH3 is 1. The molecule has 28 heavy (non-hydrogen) atoms. The SMILES string of the molecule is COc1cccc(CN2C[C@H](C(=O)O)C[C@H](C(=O)NCc3cccnc3)C2)c1. The average Bonchev–Trinajstić information content (AvgIpc) is 2.72. The third-order valence-corrected chi connectivity index (χ3v) is 4.98. The van der Waals surface area contributed by atoms with E-state index in [2.05, 4.69) is 10.3 Å². The maximum atomic E-state index is 12.7. The van der Waals surface area contributed by atoms with Gasteiger partial charge in [-0.2, -0.15) is 0 Å². The number of hydrogen-bond donors (Lipinski definition) is 2. The molecule has 1 aromatic heterocycles. The number of carbonyl (C=O) groups excluding carboxylic acids is 1. The maximum absolute atomic E-state index is 12.7. The molecule has 0 spiro atoms. The van der Waals surface area contributed by atoms with Gasteiger partial charge in [0.15, 0.2) is 0 Å². The zero-order chi connectivity index (χ0) is 19.9. The summed E-state index contributed by atoms with van der Waals surface area (Å²) in [5.41, 5.74) is 1.94. The minimum absolute atomic E-state index is 0.120. The molecule has 1 aliphatic heterocycles. The van der Waals surface area contributed by atoms with Gasteiger partial charge in [0, 0.05) is 38.6 Å². The van der Waals surface area contributed by atoms with Crippen molar-refractivity contribution in [3.05, 3.63) is 59.9 Å². The zero-order valence-corrected chi connectivity index (χ0v) is 15.9. The molecule has 0 radical (unpaired) electrons. The van der Waals surface area contributed by atoms with Crippen LogP contribution in [-0.4, -0.2) is 47.1 Å². The number of ether oxygens (including phenoxy) is 1. The summed E-state index contributed by atoms with van der Waals surface area (Å²) in [4.78, 5) is 30.3. The first kappa shape index (κ1) is 19.8. The van der Waals surface area contributed by atoms with Crippen LogP contribution in [0.2, 0.25) is 0 Å². The molecule has 0 aliphatic carbocycles. The van der Waals surface area contributed by atoms with Crippen LogP contribution in [0.5, 0.6) is 5.75 Å². The number of amides is 1. The summed E-state index contributed by atoms with van der Waals surface area (Å²) < 4.78 is 5.25. The predicted octanol–water partition coefficient (Wildman–Crippen LogP) is 1.93. The number of nitrogens with zero attached hydrogens (tertiary/aromatic N) is 2. The van der Waals surface area contributed by atoms with E-state index in [-0.39, 0.29) is 11.8 Å². The number of aliphatic carboxylic acids is 1. The molecule has 1 saturated heterocycles. The van der Waals surface area contributed by atoms with Crippen LogP contribution in [0.1, 0.15) is 17.5 Å². The van der Waals surface area contributed by atoms with Crippen LogP contribution >= 0.6 is 0 Å². The van der Waals surface area contributed by atoms with E-state index in [0.717, 1.165) is 16.9 Å². The monoisotopic (exact) mass is 383 g/mol. The Morgan fingerprint density at radius 3 is 2.71 bits per heavy atom. The van der Waals surface area contributed by atoms with Crippen LogP contribution in [0.15, 0.2) is 48.8 Å². The number of hydrogen-bond acceptors (Lipinski definition) is 5. The second kappa shape index (κ2) is 9.32. The Hall–Kier alpha value is -2.93. The number of carboxylic acids is 1. The van der Waals surface area contributed by atoms with E-state index in [1.165, 1.54) is 0 Å². The fourth-order valence-electron chi connectivity index (χ4n) is 3.55. The fourth-order valence-corrected chi connectivity index (χ4v) is 3.55. The first-order chi connectivity index (χ1) is 13.5. The molecule has 2 aromatic rings. The Morgan fingerprint density at radius 1 is 1.21 bits per heavy atom. The van der Waals surface area contributed by atoms with Crippen molar-refractivity contribution in [2.24, 2.45) is 11.8 Å². The van der Waals surface area contributed by atoms with E-state index < -0.39 is 11.9 Å². The standard InChI is InChI=1S/C21H25N3O4/c1-28-19-6-2-4-15(8-19)12-24-13-17(9-18(14-24)21(26)27)20(25)23-11-16-5-3-7-22-10-16/h2-8,10,17-18H,9,11-14H2,1H3,(H,23,25)(H,26,27)/t17-,18+/m0/s1. The second-order valence-corrected chi connectivity index (χ2v) is 7.09. The van der Waals surface area contributed by atoms with E-state index in [1.54, 1.807) is 19.5 Å². The molecule has 1 aliphatic rings. The van der Waals surface area contributed by atoms with Crippen molar-refractivity contribution >= 4 is 11.9 Å². The van der Waals surface area contributed by atoms with Crippen molar-refractivity contribution in [1.29, 1.82) is 0 Å². The number of piperidine rings is 1. The van der Waals surface area contributed by atoms with Crippen molar-refractivity contribution in [3.63, 3.8) is 0 Å². The van der Waals surface area contributed by atoms with Gasteiger partial charge in [-0.15, -0.1) is 0 Å². The van der Waals surface area contributed by atoms with E-state index in [4.69, 9.17) is 4.74 Å². The molecule has 0 saturated carbocycles. The van der Waals surface area contributed by atoms with Crippen molar-refractivity contribution in [3.8, 4) is 5.75 Å². The Balaban J connectivity index is 1.65.